The average molecular weight is 313 g/mol. The minimum Gasteiger partial charge on any atom is -0.396 e. The zero-order chi connectivity index (χ0) is 14.8. The summed E-state index contributed by atoms with van der Waals surface area (Å²) in [5, 5.41) is 17.9. The van der Waals surface area contributed by atoms with E-state index in [4.69, 9.17) is 22.0 Å². The molecule has 5 nitrogen and oxygen atoms in total. The molecule has 0 radical (unpaired) electrons. The summed E-state index contributed by atoms with van der Waals surface area (Å²) in [5.74, 6) is -0.0211. The normalized spacial score (nSPS) is 21.9. The first-order chi connectivity index (χ1) is 9.46. The van der Waals surface area contributed by atoms with E-state index in [9.17, 15) is 8.42 Å². The van der Waals surface area contributed by atoms with Crippen LogP contribution in [-0.4, -0.2) is 26.2 Å². The monoisotopic (exact) mass is 312 g/mol. The van der Waals surface area contributed by atoms with Gasteiger partial charge >= 0.3 is 0 Å². The Labute approximate surface area is 122 Å². The van der Waals surface area contributed by atoms with Crippen molar-refractivity contribution in [2.75, 3.05) is 6.61 Å². The summed E-state index contributed by atoms with van der Waals surface area (Å²) in [6.07, 6.45) is 4.04. The zero-order valence-corrected chi connectivity index (χ0v) is 12.0. The number of nitrogens with one attached hydrogen (secondary N) is 1. The van der Waals surface area contributed by atoms with Gasteiger partial charge in [-0.3, -0.25) is 0 Å². The second-order valence-corrected chi connectivity index (χ2v) is 6.67. The second kappa shape index (κ2) is 5.94. The molecule has 1 aromatic carbocycles. The summed E-state index contributed by atoms with van der Waals surface area (Å²) in [4.78, 5) is 0.0161. The molecular weight excluding hydrogens is 300 g/mol. The lowest BCUT2D eigenvalue weighted by Crippen LogP contribution is -2.33. The number of hydrogen-bond donors (Lipinski definition) is 2. The van der Waals surface area contributed by atoms with Crippen molar-refractivity contribution in [2.24, 2.45) is 5.92 Å². The van der Waals surface area contributed by atoms with E-state index in [-0.39, 0.29) is 34.0 Å². The Morgan fingerprint density at radius 3 is 2.75 bits per heavy atom. The minimum absolute atomic E-state index is 0.00256. The molecule has 0 saturated heterocycles. The van der Waals surface area contributed by atoms with Gasteiger partial charge in [-0.15, -0.1) is 0 Å². The maximum absolute atomic E-state index is 12.2. The fraction of sp³-hybridized carbons (Fsp3) is 0.308. The van der Waals surface area contributed by atoms with Crippen LogP contribution < -0.4 is 4.72 Å². The van der Waals surface area contributed by atoms with Crippen molar-refractivity contribution < 1.29 is 13.5 Å². The molecule has 2 rings (SSSR count). The average Bonchev–Trinajstić information content (AvgIpc) is 2.85. The molecule has 0 aliphatic heterocycles. The highest BCUT2D eigenvalue weighted by molar-refractivity contribution is 7.89. The van der Waals surface area contributed by atoms with Gasteiger partial charge in [-0.1, -0.05) is 23.8 Å². The van der Waals surface area contributed by atoms with Gasteiger partial charge in [0.15, 0.2) is 0 Å². The predicted molar refractivity (Wildman–Crippen MR) is 74.6 cm³/mol. The van der Waals surface area contributed by atoms with Crippen LogP contribution in [0.25, 0.3) is 0 Å². The number of hydrogen-bond acceptors (Lipinski definition) is 4. The number of benzene rings is 1. The summed E-state index contributed by atoms with van der Waals surface area (Å²) >= 11 is 5.84. The third-order valence-corrected chi connectivity index (χ3v) is 4.88. The standard InChI is InChI=1S/C13H13ClN2O3S/c14-13-6-12(4-2-10(13)7-15)20(18,19)16-11-3-1-9(5-11)8-17/h1-4,6,9,11,16-17H,5,8H2/t9-,11+/m0/s1. The smallest absolute Gasteiger partial charge is 0.241 e. The molecule has 0 heterocycles. The Bertz CT molecular complexity index is 679. The molecule has 2 atom stereocenters. The number of halogens is 1. The summed E-state index contributed by atoms with van der Waals surface area (Å²) in [7, 11) is -3.70. The van der Waals surface area contributed by atoms with Crippen LogP contribution in [0, 0.1) is 17.2 Å². The molecule has 0 amide bonds. The van der Waals surface area contributed by atoms with E-state index in [1.54, 1.807) is 12.2 Å². The molecule has 106 valence electrons. The van der Waals surface area contributed by atoms with Crippen LogP contribution in [-0.2, 0) is 10.0 Å². The van der Waals surface area contributed by atoms with Crippen molar-refractivity contribution in [1.29, 1.82) is 5.26 Å². The molecule has 0 aromatic heterocycles. The fourth-order valence-electron chi connectivity index (χ4n) is 2.02. The van der Waals surface area contributed by atoms with Crippen LogP contribution >= 0.6 is 11.6 Å². The third kappa shape index (κ3) is 3.19. The van der Waals surface area contributed by atoms with E-state index in [0.717, 1.165) is 0 Å². The van der Waals surface area contributed by atoms with E-state index in [2.05, 4.69) is 4.72 Å². The summed E-state index contributed by atoms with van der Waals surface area (Å²) in [5.41, 5.74) is 0.228. The van der Waals surface area contributed by atoms with Gasteiger partial charge in [-0.25, -0.2) is 13.1 Å². The van der Waals surface area contributed by atoms with Crippen molar-refractivity contribution in [3.8, 4) is 6.07 Å². The number of nitrogens with zero attached hydrogens (tertiary/aromatic N) is 1. The van der Waals surface area contributed by atoms with Crippen molar-refractivity contribution in [3.63, 3.8) is 0 Å². The van der Waals surface area contributed by atoms with Gasteiger partial charge in [-0.05, 0) is 24.6 Å². The van der Waals surface area contributed by atoms with Gasteiger partial charge in [0.1, 0.15) is 6.07 Å². The Morgan fingerprint density at radius 2 is 2.20 bits per heavy atom. The van der Waals surface area contributed by atoms with Gasteiger partial charge in [0.05, 0.1) is 15.5 Å². The maximum Gasteiger partial charge on any atom is 0.241 e. The van der Waals surface area contributed by atoms with Crippen molar-refractivity contribution >= 4 is 21.6 Å². The van der Waals surface area contributed by atoms with Crippen LogP contribution in [0.3, 0.4) is 0 Å². The first-order valence-electron chi connectivity index (χ1n) is 5.97. The van der Waals surface area contributed by atoms with Gasteiger partial charge < -0.3 is 5.11 Å². The van der Waals surface area contributed by atoms with E-state index in [1.165, 1.54) is 18.2 Å². The highest BCUT2D eigenvalue weighted by Crippen LogP contribution is 2.22. The number of sulfonamides is 1. The van der Waals surface area contributed by atoms with E-state index in [0.29, 0.717) is 6.42 Å². The lowest BCUT2D eigenvalue weighted by Gasteiger charge is -2.13. The Morgan fingerprint density at radius 1 is 1.45 bits per heavy atom. The highest BCUT2D eigenvalue weighted by atomic mass is 35.5. The van der Waals surface area contributed by atoms with E-state index in [1.807, 2.05) is 6.07 Å². The number of rotatable bonds is 4. The van der Waals surface area contributed by atoms with Gasteiger partial charge in [-0.2, -0.15) is 5.26 Å². The topological polar surface area (TPSA) is 90.2 Å². The molecule has 0 fully saturated rings. The minimum atomic E-state index is -3.70. The maximum atomic E-state index is 12.2. The Hall–Kier alpha value is -1.39. The fourth-order valence-corrected chi connectivity index (χ4v) is 3.54. The third-order valence-electron chi connectivity index (χ3n) is 3.08. The number of nitriles is 1. The SMILES string of the molecule is N#Cc1ccc(S(=O)(=O)N[C@@H]2C=C[C@H](CO)C2)cc1Cl. The molecule has 0 bridgehead atoms. The molecule has 0 spiro atoms. The van der Waals surface area contributed by atoms with Gasteiger partial charge in [0.25, 0.3) is 0 Å². The summed E-state index contributed by atoms with van der Waals surface area (Å²) < 4.78 is 26.9. The molecule has 7 heteroatoms. The molecular formula is C13H13ClN2O3S. The van der Waals surface area contributed by atoms with Crippen LogP contribution in [0.1, 0.15) is 12.0 Å². The molecule has 0 unspecified atom stereocenters. The van der Waals surface area contributed by atoms with E-state index < -0.39 is 10.0 Å². The lowest BCUT2D eigenvalue weighted by atomic mass is 10.1. The molecule has 0 saturated carbocycles. The quantitative estimate of drug-likeness (QED) is 0.823. The number of aliphatic hydroxyl groups excluding tert-OH is 1. The lowest BCUT2D eigenvalue weighted by molar-refractivity contribution is 0.248. The summed E-state index contributed by atoms with van der Waals surface area (Å²) in [6.45, 7) is -0.00256. The van der Waals surface area contributed by atoms with Crippen LogP contribution in [0.2, 0.25) is 5.02 Å². The van der Waals surface area contributed by atoms with Crippen molar-refractivity contribution in [2.45, 2.75) is 17.4 Å². The van der Waals surface area contributed by atoms with E-state index >= 15 is 0 Å². The molecule has 2 N–H and O–H groups in total. The largest absolute Gasteiger partial charge is 0.396 e. The number of aliphatic hydroxyl groups is 1. The molecule has 1 aliphatic carbocycles. The summed E-state index contributed by atoms with van der Waals surface area (Å²) in [6, 6.07) is 5.50. The Balaban J connectivity index is 2.18. The zero-order valence-electron chi connectivity index (χ0n) is 10.5. The van der Waals surface area contributed by atoms with Gasteiger partial charge in [0.2, 0.25) is 10.0 Å². The highest BCUT2D eigenvalue weighted by Gasteiger charge is 2.24. The first-order valence-corrected chi connectivity index (χ1v) is 7.83. The van der Waals surface area contributed by atoms with Crippen molar-refractivity contribution in [1.82, 2.24) is 4.72 Å². The Kier molecular flexibility index (Phi) is 4.45. The second-order valence-electron chi connectivity index (χ2n) is 4.54. The first kappa shape index (κ1) is 15.0. The molecule has 1 aromatic rings. The van der Waals surface area contributed by atoms with Crippen molar-refractivity contribution in [3.05, 3.63) is 40.9 Å². The van der Waals surface area contributed by atoms with Crippen LogP contribution in [0.15, 0.2) is 35.2 Å². The van der Waals surface area contributed by atoms with Crippen LogP contribution in [0.5, 0.6) is 0 Å². The van der Waals surface area contributed by atoms with Gasteiger partial charge in [0, 0.05) is 18.6 Å². The molecule has 1 aliphatic rings. The molecule has 20 heavy (non-hydrogen) atoms. The van der Waals surface area contributed by atoms with Crippen LogP contribution in [0.4, 0.5) is 0 Å². The predicted octanol–water partition coefficient (Wildman–Crippen LogP) is 1.43.